The van der Waals surface area contributed by atoms with E-state index in [0.717, 1.165) is 31.7 Å². The molecule has 80 heavy (non-hydrogen) atoms. The molecule has 0 atom stereocenters. The van der Waals surface area contributed by atoms with Crippen molar-refractivity contribution < 1.29 is 64.7 Å². The van der Waals surface area contributed by atoms with Gasteiger partial charge in [0.1, 0.15) is 0 Å². The van der Waals surface area contributed by atoms with Gasteiger partial charge in [-0.15, -0.1) is 0 Å². The van der Waals surface area contributed by atoms with Gasteiger partial charge in [0.15, 0.2) is 0 Å². The number of nitrogens with zero attached hydrogens (tertiary/aromatic N) is 4. The van der Waals surface area contributed by atoms with Gasteiger partial charge in [0.05, 0.1) is 78.4 Å². The molecule has 0 spiro atoms. The van der Waals surface area contributed by atoms with Crippen molar-refractivity contribution in [1.82, 2.24) is 0 Å². The van der Waals surface area contributed by atoms with Gasteiger partial charge < -0.3 is 0 Å². The number of anilines is 4. The van der Waals surface area contributed by atoms with E-state index in [0.29, 0.717) is 11.1 Å². The fourth-order valence-corrected chi connectivity index (χ4v) is 11.3. The van der Waals surface area contributed by atoms with Crippen LogP contribution in [-0.4, -0.2) is 47.3 Å². The van der Waals surface area contributed by atoms with Gasteiger partial charge in [-0.3, -0.25) is 38.4 Å². The molecule has 0 bridgehead atoms. The normalized spacial score (nSPS) is 14.7. The third-order valence-electron chi connectivity index (χ3n) is 14.0. The first-order chi connectivity index (χ1) is 38.0. The van der Waals surface area contributed by atoms with Crippen molar-refractivity contribution in [2.45, 2.75) is 26.2 Å². The van der Waals surface area contributed by atoms with Gasteiger partial charge in [-0.05, 0) is 176 Å². The molecule has 0 saturated heterocycles. The maximum absolute atomic E-state index is 14.5. The van der Waals surface area contributed by atoms with Crippen molar-refractivity contribution >= 4 is 102 Å². The average Bonchev–Trinajstić information content (AvgIpc) is 4.23. The topological polar surface area (TPSA) is 150 Å². The summed E-state index contributed by atoms with van der Waals surface area (Å²) >= 11 is 6.62. The third kappa shape index (κ3) is 8.53. The van der Waals surface area contributed by atoms with E-state index >= 15 is 0 Å². The fourth-order valence-electron chi connectivity index (χ4n) is 10.2. The fraction of sp³-hybridized carbons (Fsp3) is 0.0667. The zero-order valence-electron chi connectivity index (χ0n) is 41.1. The number of hydrogen-bond donors (Lipinski definition) is 0. The second-order valence-electron chi connectivity index (χ2n) is 18.7. The van der Waals surface area contributed by atoms with Gasteiger partial charge in [-0.1, -0.05) is 60.7 Å². The Balaban J connectivity index is 0.000000169. The average molecular weight is 1210 g/mol. The maximum Gasteiger partial charge on any atom is 0.417 e. The number of aryl methyl sites for hydroxylation is 2. The van der Waals surface area contributed by atoms with Crippen molar-refractivity contribution in [1.29, 1.82) is 0 Å². The molecule has 8 aromatic rings. The highest BCUT2D eigenvalue weighted by Gasteiger charge is 2.44. The SMILES string of the molecule is Cc1cc(N2C(=O)c3ccccc3C2=O)c(Br)cc1-c1cc(Br)c(N2C(=O)c3ccccc3C2=O)cc1C(F)(F)F.Cc1cc(N2C(=O)c3ccccc3C2=O)ccc1-c1ccc(N2C(=O)c3ccccc3C2=O)cc1C(F)(F)F. The highest BCUT2D eigenvalue weighted by Crippen LogP contribution is 2.48. The molecular weight excluding hydrogens is 1180 g/mol. The number of amides is 8. The van der Waals surface area contributed by atoms with Crippen LogP contribution in [0.25, 0.3) is 22.3 Å². The molecule has 12 nitrogen and oxygen atoms in total. The minimum Gasteiger partial charge on any atom is -0.268 e. The molecule has 0 aromatic heterocycles. The zero-order chi connectivity index (χ0) is 57.0. The highest BCUT2D eigenvalue weighted by molar-refractivity contribution is 9.11. The van der Waals surface area contributed by atoms with E-state index in [1.165, 1.54) is 84.9 Å². The number of fused-ring (bicyclic) bond motifs is 4. The van der Waals surface area contributed by atoms with Crippen LogP contribution < -0.4 is 19.6 Å². The minimum absolute atomic E-state index is 0.0925. The van der Waals surface area contributed by atoms with Crippen LogP contribution in [0.4, 0.5) is 49.1 Å². The molecule has 4 aliphatic rings. The summed E-state index contributed by atoms with van der Waals surface area (Å²) in [6.07, 6.45) is -9.67. The Morgan fingerprint density at radius 3 is 0.938 bits per heavy atom. The van der Waals surface area contributed by atoms with E-state index in [4.69, 9.17) is 0 Å². The van der Waals surface area contributed by atoms with E-state index in [1.807, 2.05) is 0 Å². The Bertz CT molecular complexity index is 4020. The molecule has 0 aliphatic carbocycles. The van der Waals surface area contributed by atoms with Crippen molar-refractivity contribution in [3.63, 3.8) is 0 Å². The molecule has 0 radical (unpaired) electrons. The summed E-state index contributed by atoms with van der Waals surface area (Å²) in [6.45, 7) is 3.14. The molecule has 8 aromatic carbocycles. The Morgan fingerprint density at radius 1 is 0.300 bits per heavy atom. The summed E-state index contributed by atoms with van der Waals surface area (Å²) in [5.41, 5.74) is 0.0431. The molecule has 4 aliphatic heterocycles. The molecule has 0 N–H and O–H groups in total. The lowest BCUT2D eigenvalue weighted by molar-refractivity contribution is -0.137. The second-order valence-corrected chi connectivity index (χ2v) is 20.4. The van der Waals surface area contributed by atoms with Crippen LogP contribution in [0.15, 0.2) is 167 Å². The van der Waals surface area contributed by atoms with Crippen LogP contribution in [0, 0.1) is 13.8 Å². The van der Waals surface area contributed by atoms with Gasteiger partial charge in [0.2, 0.25) is 0 Å². The van der Waals surface area contributed by atoms with Crippen molar-refractivity contribution in [2.24, 2.45) is 0 Å². The molecule has 12 rings (SSSR count). The molecule has 0 unspecified atom stereocenters. The smallest absolute Gasteiger partial charge is 0.268 e. The number of rotatable bonds is 6. The molecule has 0 fully saturated rings. The quantitative estimate of drug-likeness (QED) is 0.118. The molecule has 0 saturated carbocycles. The monoisotopic (exact) mass is 1210 g/mol. The summed E-state index contributed by atoms with van der Waals surface area (Å²) in [5.74, 6) is -4.94. The van der Waals surface area contributed by atoms with Crippen LogP contribution in [0.1, 0.15) is 105 Å². The first kappa shape index (κ1) is 52.9. The first-order valence-electron chi connectivity index (χ1n) is 23.9. The van der Waals surface area contributed by atoms with Crippen molar-refractivity contribution in [3.05, 3.63) is 233 Å². The summed E-state index contributed by atoms with van der Waals surface area (Å²) < 4.78 is 86.6. The summed E-state index contributed by atoms with van der Waals surface area (Å²) in [7, 11) is 0. The number of hydrogen-bond acceptors (Lipinski definition) is 8. The molecule has 8 amide bonds. The molecule has 4 heterocycles. The second kappa shape index (κ2) is 19.3. The van der Waals surface area contributed by atoms with Gasteiger partial charge in [0.25, 0.3) is 47.3 Å². The Morgan fingerprint density at radius 2 is 0.588 bits per heavy atom. The Kier molecular flexibility index (Phi) is 12.8. The number of carbonyl (C=O) groups excluding carboxylic acids is 8. The van der Waals surface area contributed by atoms with Gasteiger partial charge in [-0.2, -0.15) is 26.3 Å². The lowest BCUT2D eigenvalue weighted by atomic mass is 9.94. The lowest BCUT2D eigenvalue weighted by Crippen LogP contribution is -2.30. The molecule has 20 heteroatoms. The van der Waals surface area contributed by atoms with Crippen LogP contribution in [0.3, 0.4) is 0 Å². The minimum atomic E-state index is -4.86. The summed E-state index contributed by atoms with van der Waals surface area (Å²) in [4.78, 5) is 107. The van der Waals surface area contributed by atoms with Crippen molar-refractivity contribution in [2.75, 3.05) is 19.6 Å². The zero-order valence-corrected chi connectivity index (χ0v) is 44.3. The standard InChI is InChI=1S/C30H15Br2F3N2O4.C30H17F3N2O4/c1-14-10-24(36-26(38)15-6-2-3-7-16(15)27(36)39)22(31)11-19(14)20-12-23(32)25(13-21(20)30(33,34)35)37-28(40)17-8-4-5-9-18(17)29(37)41;1-16-14-17(34-26(36)21-6-2-3-7-22(21)27(34)37)10-12-19(16)20-13-11-18(15-25(20)30(31,32)33)35-28(38)23-8-4-5-9-24(23)29(35)39/h2-13H,1H3;2-15H,1H3. The Hall–Kier alpha value is -9.14. The lowest BCUT2D eigenvalue weighted by Gasteiger charge is -2.23. The molecular formula is C60H32Br2F6N4O8. The van der Waals surface area contributed by atoms with E-state index in [1.54, 1.807) is 74.5 Å². The number of imide groups is 4. The van der Waals surface area contributed by atoms with Gasteiger partial charge >= 0.3 is 12.4 Å². The largest absolute Gasteiger partial charge is 0.417 e. The van der Waals surface area contributed by atoms with E-state index in [9.17, 15) is 64.7 Å². The maximum atomic E-state index is 14.5. The summed E-state index contributed by atoms with van der Waals surface area (Å²) in [5, 5.41) is 0. The van der Waals surface area contributed by atoms with Crippen molar-refractivity contribution in [3.8, 4) is 22.3 Å². The van der Waals surface area contributed by atoms with Crippen LogP contribution in [-0.2, 0) is 12.4 Å². The van der Waals surface area contributed by atoms with E-state index in [2.05, 4.69) is 31.9 Å². The number of halogens is 8. The van der Waals surface area contributed by atoms with Gasteiger partial charge in [0, 0.05) is 8.95 Å². The highest BCUT2D eigenvalue weighted by atomic mass is 79.9. The van der Waals surface area contributed by atoms with Crippen LogP contribution in [0.5, 0.6) is 0 Å². The number of alkyl halides is 6. The Labute approximate surface area is 465 Å². The van der Waals surface area contributed by atoms with E-state index < -0.39 is 70.7 Å². The van der Waals surface area contributed by atoms with E-state index in [-0.39, 0.29) is 98.5 Å². The predicted octanol–water partition coefficient (Wildman–Crippen LogP) is 14.1. The number of benzene rings is 8. The first-order valence-corrected chi connectivity index (χ1v) is 25.5. The molecule has 396 valence electrons. The predicted molar refractivity (Wildman–Crippen MR) is 289 cm³/mol. The third-order valence-corrected chi connectivity index (χ3v) is 15.2. The van der Waals surface area contributed by atoms with Gasteiger partial charge in [-0.25, -0.2) is 19.6 Å². The number of carbonyl (C=O) groups is 8. The summed E-state index contributed by atoms with van der Waals surface area (Å²) in [6, 6.07) is 37.3. The van der Waals surface area contributed by atoms with Crippen LogP contribution in [0.2, 0.25) is 0 Å². The van der Waals surface area contributed by atoms with Crippen LogP contribution >= 0.6 is 31.9 Å².